The number of aliphatic hydroxyl groups is 1. The number of ether oxygens (including phenoxy) is 2. The fourth-order valence-corrected chi connectivity index (χ4v) is 5.80. The summed E-state index contributed by atoms with van der Waals surface area (Å²) in [6.45, 7) is 8.10. The number of H-pyrrole nitrogens is 1. The highest BCUT2D eigenvalue weighted by atomic mass is 16.5. The Balaban J connectivity index is 1.53. The minimum Gasteiger partial charge on any atom is -0.465 e. The van der Waals surface area contributed by atoms with Gasteiger partial charge in [-0.1, -0.05) is 100 Å². The first kappa shape index (κ1) is 39.6. The van der Waals surface area contributed by atoms with Gasteiger partial charge in [0.2, 0.25) is 11.8 Å². The lowest BCUT2D eigenvalue weighted by Crippen LogP contribution is -2.57. The zero-order chi connectivity index (χ0) is 37.5. The van der Waals surface area contributed by atoms with E-state index in [9.17, 15) is 24.3 Å². The van der Waals surface area contributed by atoms with Crippen molar-refractivity contribution in [3.8, 4) is 0 Å². The number of hydrogen-bond donors (Lipinski definition) is 5. The largest absolute Gasteiger partial charge is 0.465 e. The highest BCUT2D eigenvalue weighted by Crippen LogP contribution is 2.20. The maximum Gasteiger partial charge on any atom is 0.408 e. The third kappa shape index (κ3) is 12.8. The first-order valence-corrected chi connectivity index (χ1v) is 17.8. The lowest BCUT2D eigenvalue weighted by molar-refractivity contribution is -0.145. The predicted molar refractivity (Wildman–Crippen MR) is 198 cm³/mol. The van der Waals surface area contributed by atoms with Crippen molar-refractivity contribution in [2.45, 2.75) is 90.6 Å². The van der Waals surface area contributed by atoms with Gasteiger partial charge in [-0.3, -0.25) is 14.4 Å². The number of hydrogen-bond acceptors (Lipinski definition) is 8. The summed E-state index contributed by atoms with van der Waals surface area (Å²) in [5, 5.41) is 21.5. The van der Waals surface area contributed by atoms with Crippen molar-refractivity contribution in [2.24, 2.45) is 11.8 Å². The molecule has 0 aliphatic carbocycles. The molecule has 0 unspecified atom stereocenters. The molecule has 278 valence electrons. The number of esters is 1. The van der Waals surface area contributed by atoms with Crippen LogP contribution in [0.4, 0.5) is 4.79 Å². The van der Waals surface area contributed by atoms with E-state index in [2.05, 4.69) is 25.9 Å². The lowest BCUT2D eigenvalue weighted by Gasteiger charge is -2.29. The van der Waals surface area contributed by atoms with Gasteiger partial charge in [-0.25, -0.2) is 9.78 Å². The quantitative estimate of drug-likeness (QED) is 0.0846. The van der Waals surface area contributed by atoms with E-state index in [4.69, 9.17) is 9.47 Å². The molecule has 1 heterocycles. The number of amides is 3. The molecule has 0 saturated carbocycles. The number of benzene rings is 3. The monoisotopic (exact) mass is 713 g/mol. The van der Waals surface area contributed by atoms with Gasteiger partial charge in [0.25, 0.3) is 0 Å². The Kier molecular flexibility index (Phi) is 15.2. The van der Waals surface area contributed by atoms with E-state index in [1.807, 2.05) is 100 Å². The summed E-state index contributed by atoms with van der Waals surface area (Å²) in [7, 11) is 0. The Labute approximate surface area is 305 Å². The molecule has 1 aromatic heterocycles. The van der Waals surface area contributed by atoms with Gasteiger partial charge in [0.15, 0.2) is 0 Å². The standard InChI is InChI=1S/C40H51N5O7/c1-26(2)19-33(36(46)17-18-37(47)51-23-27(3)4)43-39(49)35(21-31-22-41-25-42-31)44-38(48)34(45-40(50)52-24-28-11-6-5-7-12-28)20-30-15-10-14-29-13-8-9-16-32(29)30/h5-16,22,25-27,33-36,46H,17-21,23-24H2,1-4H3,(H,41,42)(H,43,49)(H,44,48)(H,45,50)/t33-,34+,35+,36-/m0/s1. The summed E-state index contributed by atoms with van der Waals surface area (Å²) < 4.78 is 10.7. The molecule has 0 bridgehead atoms. The van der Waals surface area contributed by atoms with Crippen molar-refractivity contribution in [3.63, 3.8) is 0 Å². The summed E-state index contributed by atoms with van der Waals surface area (Å²) in [5.74, 6) is -1.28. The average molecular weight is 714 g/mol. The summed E-state index contributed by atoms with van der Waals surface area (Å²) >= 11 is 0. The molecular formula is C40H51N5O7. The fourth-order valence-electron chi connectivity index (χ4n) is 5.80. The molecule has 4 rings (SSSR count). The minimum atomic E-state index is -1.12. The van der Waals surface area contributed by atoms with Crippen LogP contribution in [-0.4, -0.2) is 69.8 Å². The van der Waals surface area contributed by atoms with Crippen molar-refractivity contribution in [2.75, 3.05) is 6.61 Å². The third-order valence-electron chi connectivity index (χ3n) is 8.47. The zero-order valence-corrected chi connectivity index (χ0v) is 30.3. The van der Waals surface area contributed by atoms with Gasteiger partial charge in [-0.05, 0) is 46.6 Å². The molecule has 0 saturated heterocycles. The van der Waals surface area contributed by atoms with Crippen LogP contribution in [0.5, 0.6) is 0 Å². The molecule has 4 atom stereocenters. The van der Waals surface area contributed by atoms with Gasteiger partial charge in [-0.15, -0.1) is 0 Å². The van der Waals surface area contributed by atoms with Gasteiger partial charge < -0.3 is 35.5 Å². The van der Waals surface area contributed by atoms with E-state index in [1.54, 1.807) is 6.20 Å². The molecule has 0 aliphatic rings. The van der Waals surface area contributed by atoms with Crippen LogP contribution in [-0.2, 0) is 43.3 Å². The highest BCUT2D eigenvalue weighted by Gasteiger charge is 2.31. The van der Waals surface area contributed by atoms with Crippen molar-refractivity contribution in [3.05, 3.63) is 102 Å². The topological polar surface area (TPSA) is 172 Å². The van der Waals surface area contributed by atoms with Crippen LogP contribution in [0.2, 0.25) is 0 Å². The van der Waals surface area contributed by atoms with Crippen molar-refractivity contribution in [1.82, 2.24) is 25.9 Å². The first-order valence-electron chi connectivity index (χ1n) is 17.8. The minimum absolute atomic E-state index is 0.00627. The molecule has 52 heavy (non-hydrogen) atoms. The number of carbonyl (C=O) groups excluding carboxylic acids is 4. The average Bonchev–Trinajstić information content (AvgIpc) is 3.65. The van der Waals surface area contributed by atoms with Gasteiger partial charge in [0.1, 0.15) is 18.7 Å². The van der Waals surface area contributed by atoms with Gasteiger partial charge in [-0.2, -0.15) is 0 Å². The third-order valence-corrected chi connectivity index (χ3v) is 8.47. The molecule has 12 heteroatoms. The molecule has 0 spiro atoms. The van der Waals surface area contributed by atoms with E-state index in [0.717, 1.165) is 21.9 Å². The molecule has 0 fully saturated rings. The molecule has 0 aliphatic heterocycles. The van der Waals surface area contributed by atoms with Gasteiger partial charge in [0.05, 0.1) is 30.8 Å². The van der Waals surface area contributed by atoms with E-state index in [-0.39, 0.29) is 50.7 Å². The summed E-state index contributed by atoms with van der Waals surface area (Å²) in [4.78, 5) is 60.6. The molecule has 3 aromatic carbocycles. The number of nitrogens with zero attached hydrogens (tertiary/aromatic N) is 1. The number of aromatic amines is 1. The van der Waals surface area contributed by atoms with E-state index >= 15 is 0 Å². The number of imidazole rings is 1. The second-order valence-electron chi connectivity index (χ2n) is 13.9. The maximum absolute atomic E-state index is 14.1. The van der Waals surface area contributed by atoms with E-state index < -0.39 is 48.1 Å². The summed E-state index contributed by atoms with van der Waals surface area (Å²) in [6.07, 6.45) is 1.94. The number of fused-ring (bicyclic) bond motifs is 1. The van der Waals surface area contributed by atoms with Crippen molar-refractivity contribution < 1.29 is 33.8 Å². The highest BCUT2D eigenvalue weighted by molar-refractivity contribution is 5.93. The SMILES string of the molecule is CC(C)COC(=O)CC[C@H](O)[C@H](CC(C)C)NC(=O)[C@@H](Cc1c[nH]cn1)NC(=O)[C@@H](Cc1cccc2ccccc12)NC(=O)OCc1ccccc1. The number of carbonyl (C=O) groups is 4. The number of alkyl carbamates (subject to hydrolysis) is 1. The van der Waals surface area contributed by atoms with Gasteiger partial charge in [0, 0.05) is 25.5 Å². The van der Waals surface area contributed by atoms with E-state index in [1.165, 1.54) is 6.33 Å². The van der Waals surface area contributed by atoms with Gasteiger partial charge >= 0.3 is 12.1 Å². The zero-order valence-electron chi connectivity index (χ0n) is 30.3. The molecular weight excluding hydrogens is 662 g/mol. The molecule has 5 N–H and O–H groups in total. The number of nitrogens with one attached hydrogen (secondary N) is 4. The van der Waals surface area contributed by atoms with Crippen LogP contribution in [0.1, 0.15) is 63.8 Å². The Bertz CT molecular complexity index is 1720. The molecule has 0 radical (unpaired) electrons. The summed E-state index contributed by atoms with van der Waals surface area (Å²) in [6, 6.07) is 19.8. The molecule has 4 aromatic rings. The van der Waals surface area contributed by atoms with Crippen LogP contribution in [0.3, 0.4) is 0 Å². The fraction of sp³-hybridized carbons (Fsp3) is 0.425. The second kappa shape index (κ2) is 20.0. The number of aliphatic hydroxyl groups excluding tert-OH is 1. The van der Waals surface area contributed by atoms with Crippen LogP contribution in [0, 0.1) is 11.8 Å². The molecule has 3 amide bonds. The van der Waals surface area contributed by atoms with Crippen molar-refractivity contribution >= 4 is 34.6 Å². The van der Waals surface area contributed by atoms with Crippen molar-refractivity contribution in [1.29, 1.82) is 0 Å². The van der Waals surface area contributed by atoms with Crippen LogP contribution in [0.15, 0.2) is 85.3 Å². The maximum atomic E-state index is 14.1. The Morgan fingerprint density at radius 1 is 0.788 bits per heavy atom. The Hall–Kier alpha value is -5.23. The normalized spacial score (nSPS) is 13.6. The number of rotatable bonds is 19. The predicted octanol–water partition coefficient (Wildman–Crippen LogP) is 5.00. The van der Waals surface area contributed by atoms with Crippen LogP contribution < -0.4 is 16.0 Å². The second-order valence-corrected chi connectivity index (χ2v) is 13.9. The molecule has 12 nitrogen and oxygen atoms in total. The lowest BCUT2D eigenvalue weighted by atomic mass is 9.95. The number of aromatic nitrogens is 2. The van der Waals surface area contributed by atoms with Crippen LogP contribution >= 0.6 is 0 Å². The Morgan fingerprint density at radius 3 is 2.19 bits per heavy atom. The smallest absolute Gasteiger partial charge is 0.408 e. The summed E-state index contributed by atoms with van der Waals surface area (Å²) in [5.41, 5.74) is 2.13. The Morgan fingerprint density at radius 2 is 1.48 bits per heavy atom. The van der Waals surface area contributed by atoms with Crippen LogP contribution in [0.25, 0.3) is 10.8 Å². The van der Waals surface area contributed by atoms with E-state index in [0.29, 0.717) is 12.1 Å². The first-order chi connectivity index (χ1) is 25.0.